The van der Waals surface area contributed by atoms with Gasteiger partial charge in [-0.05, 0) is 37.6 Å². The van der Waals surface area contributed by atoms with Crippen molar-refractivity contribution >= 4 is 21.6 Å². The Morgan fingerprint density at radius 2 is 2.00 bits per heavy atom. The molecule has 0 radical (unpaired) electrons. The molecule has 0 spiro atoms. The topological polar surface area (TPSA) is 72.2 Å². The molecule has 0 aromatic heterocycles. The molecule has 1 rings (SSSR count). The summed E-state index contributed by atoms with van der Waals surface area (Å²) in [6.45, 7) is 0.779. The lowest BCUT2D eigenvalue weighted by Gasteiger charge is -2.06. The summed E-state index contributed by atoms with van der Waals surface area (Å²) in [5, 5.41) is 0.0485. The highest BCUT2D eigenvalue weighted by molar-refractivity contribution is 7.89. The third kappa shape index (κ3) is 4.59. The van der Waals surface area contributed by atoms with Gasteiger partial charge in [0.1, 0.15) is 5.82 Å². The largest absolute Gasteiger partial charge is 0.330 e. The van der Waals surface area contributed by atoms with Crippen LogP contribution in [0.3, 0.4) is 0 Å². The fraction of sp³-hybridized carbons (Fsp3) is 0.400. The van der Waals surface area contributed by atoms with Gasteiger partial charge in [-0.25, -0.2) is 17.5 Å². The van der Waals surface area contributed by atoms with Gasteiger partial charge in [-0.15, -0.1) is 0 Å². The Labute approximate surface area is 105 Å². The van der Waals surface area contributed by atoms with Gasteiger partial charge < -0.3 is 5.73 Å². The maximum atomic E-state index is 13.0. The predicted octanol–water partition coefficient (Wildman–Crippen LogP) is 1.50. The van der Waals surface area contributed by atoms with Crippen LogP contribution >= 0.6 is 11.6 Å². The summed E-state index contributed by atoms with van der Waals surface area (Å²) < 4.78 is 38.8. The molecule has 0 amide bonds. The summed E-state index contributed by atoms with van der Waals surface area (Å²) in [6.07, 6.45) is 1.37. The summed E-state index contributed by atoms with van der Waals surface area (Å²) in [4.78, 5) is -0.171. The third-order valence-electron chi connectivity index (χ3n) is 2.07. The average Bonchev–Trinajstić information content (AvgIpc) is 2.23. The molecule has 0 bridgehead atoms. The van der Waals surface area contributed by atoms with Gasteiger partial charge in [0.25, 0.3) is 0 Å². The lowest BCUT2D eigenvalue weighted by molar-refractivity contribution is 0.573. The van der Waals surface area contributed by atoms with Crippen molar-refractivity contribution in [2.45, 2.75) is 17.7 Å². The highest BCUT2D eigenvalue weighted by Crippen LogP contribution is 2.17. The highest BCUT2D eigenvalue weighted by Gasteiger charge is 2.14. The minimum Gasteiger partial charge on any atom is -0.330 e. The van der Waals surface area contributed by atoms with Crippen LogP contribution in [0.15, 0.2) is 23.1 Å². The van der Waals surface area contributed by atoms with Crippen molar-refractivity contribution in [1.82, 2.24) is 4.72 Å². The number of benzene rings is 1. The number of halogens is 2. The fourth-order valence-electron chi connectivity index (χ4n) is 1.24. The molecule has 0 aliphatic heterocycles. The summed E-state index contributed by atoms with van der Waals surface area (Å²) >= 11 is 5.59. The second-order valence-corrected chi connectivity index (χ2v) is 5.70. The van der Waals surface area contributed by atoms with Crippen molar-refractivity contribution in [3.63, 3.8) is 0 Å². The number of nitrogens with two attached hydrogens (primary N) is 1. The second-order valence-electron chi connectivity index (χ2n) is 3.50. The summed E-state index contributed by atoms with van der Waals surface area (Å²) in [5.41, 5.74) is 5.28. The zero-order valence-electron chi connectivity index (χ0n) is 9.12. The molecule has 0 saturated heterocycles. The van der Waals surface area contributed by atoms with E-state index in [1.807, 2.05) is 0 Å². The predicted molar refractivity (Wildman–Crippen MR) is 64.9 cm³/mol. The Morgan fingerprint density at radius 1 is 1.29 bits per heavy atom. The standard InChI is InChI=1S/C10H14ClFN2O2S/c11-8-5-9(12)7-10(6-8)17(15,16)14-4-2-1-3-13/h5-7,14H,1-4,13H2. The monoisotopic (exact) mass is 280 g/mol. The van der Waals surface area contributed by atoms with Gasteiger partial charge in [0.15, 0.2) is 0 Å². The van der Waals surface area contributed by atoms with Crippen molar-refractivity contribution in [2.75, 3.05) is 13.1 Å². The van der Waals surface area contributed by atoms with E-state index in [1.165, 1.54) is 6.07 Å². The van der Waals surface area contributed by atoms with Crippen LogP contribution in [-0.2, 0) is 10.0 Å². The van der Waals surface area contributed by atoms with Gasteiger partial charge in [-0.1, -0.05) is 11.6 Å². The number of nitrogens with one attached hydrogen (secondary N) is 1. The lowest BCUT2D eigenvalue weighted by Crippen LogP contribution is -2.25. The molecule has 0 heterocycles. The SMILES string of the molecule is NCCCCNS(=O)(=O)c1cc(F)cc(Cl)c1. The molecule has 96 valence electrons. The van der Waals surface area contributed by atoms with Gasteiger partial charge in [0.2, 0.25) is 10.0 Å². The van der Waals surface area contributed by atoms with E-state index in [1.54, 1.807) is 0 Å². The van der Waals surface area contributed by atoms with Crippen molar-refractivity contribution in [2.24, 2.45) is 5.73 Å². The molecular formula is C10H14ClFN2O2S. The summed E-state index contributed by atoms with van der Waals surface area (Å²) in [6, 6.07) is 3.18. The molecule has 1 aromatic carbocycles. The Kier molecular flexibility index (Phi) is 5.32. The molecule has 0 fully saturated rings. The van der Waals surface area contributed by atoms with Gasteiger partial charge >= 0.3 is 0 Å². The van der Waals surface area contributed by atoms with Crippen LogP contribution in [0.2, 0.25) is 5.02 Å². The van der Waals surface area contributed by atoms with Crippen LogP contribution in [0.25, 0.3) is 0 Å². The van der Waals surface area contributed by atoms with E-state index in [-0.39, 0.29) is 16.5 Å². The maximum absolute atomic E-state index is 13.0. The van der Waals surface area contributed by atoms with Gasteiger partial charge in [0, 0.05) is 11.6 Å². The zero-order chi connectivity index (χ0) is 12.9. The molecule has 0 aliphatic rings. The first-order valence-electron chi connectivity index (χ1n) is 5.11. The molecule has 7 heteroatoms. The number of sulfonamides is 1. The molecule has 4 nitrogen and oxygen atoms in total. The van der Waals surface area contributed by atoms with Crippen molar-refractivity contribution < 1.29 is 12.8 Å². The Morgan fingerprint density at radius 3 is 2.59 bits per heavy atom. The lowest BCUT2D eigenvalue weighted by atomic mass is 10.3. The summed E-state index contributed by atoms with van der Waals surface area (Å²) in [7, 11) is -3.70. The minimum atomic E-state index is -3.70. The smallest absolute Gasteiger partial charge is 0.240 e. The van der Waals surface area contributed by atoms with Crippen LogP contribution in [0, 0.1) is 5.82 Å². The van der Waals surface area contributed by atoms with E-state index in [2.05, 4.69) is 4.72 Å². The number of rotatable bonds is 6. The van der Waals surface area contributed by atoms with Crippen molar-refractivity contribution in [3.8, 4) is 0 Å². The maximum Gasteiger partial charge on any atom is 0.240 e. The van der Waals surface area contributed by atoms with Gasteiger partial charge in [-0.2, -0.15) is 0 Å². The molecule has 0 unspecified atom stereocenters. The molecular weight excluding hydrogens is 267 g/mol. The van der Waals surface area contributed by atoms with E-state index in [4.69, 9.17) is 17.3 Å². The van der Waals surface area contributed by atoms with Gasteiger partial charge in [0.05, 0.1) is 4.90 Å². The van der Waals surface area contributed by atoms with Crippen LogP contribution < -0.4 is 10.5 Å². The third-order valence-corrected chi connectivity index (χ3v) is 3.73. The van der Waals surface area contributed by atoms with E-state index >= 15 is 0 Å². The Hall–Kier alpha value is -0.690. The molecule has 0 saturated carbocycles. The minimum absolute atomic E-state index is 0.0485. The normalized spacial score (nSPS) is 11.7. The van der Waals surface area contributed by atoms with E-state index in [0.29, 0.717) is 13.0 Å². The second kappa shape index (κ2) is 6.30. The van der Waals surface area contributed by atoms with Crippen LogP contribution in [-0.4, -0.2) is 21.5 Å². The first-order valence-corrected chi connectivity index (χ1v) is 6.97. The average molecular weight is 281 g/mol. The first-order chi connectivity index (χ1) is 7.95. The molecule has 3 N–H and O–H groups in total. The van der Waals surface area contributed by atoms with Gasteiger partial charge in [-0.3, -0.25) is 0 Å². The summed E-state index contributed by atoms with van der Waals surface area (Å²) in [5.74, 6) is -0.681. The molecule has 17 heavy (non-hydrogen) atoms. The Bertz CT molecular complexity index is 459. The molecule has 1 aromatic rings. The zero-order valence-corrected chi connectivity index (χ0v) is 10.7. The number of hydrogen-bond acceptors (Lipinski definition) is 3. The highest BCUT2D eigenvalue weighted by atomic mass is 35.5. The molecule has 0 aliphatic carbocycles. The van der Waals surface area contributed by atoms with E-state index in [9.17, 15) is 12.8 Å². The van der Waals surface area contributed by atoms with Crippen LogP contribution in [0.5, 0.6) is 0 Å². The van der Waals surface area contributed by atoms with E-state index in [0.717, 1.165) is 18.6 Å². The number of hydrogen-bond donors (Lipinski definition) is 2. The quantitative estimate of drug-likeness (QED) is 0.776. The fourth-order valence-corrected chi connectivity index (χ4v) is 2.66. The Balaban J connectivity index is 2.75. The number of unbranched alkanes of at least 4 members (excludes halogenated alkanes) is 1. The molecule has 0 atom stereocenters. The van der Waals surface area contributed by atoms with Crippen molar-refractivity contribution in [1.29, 1.82) is 0 Å². The van der Waals surface area contributed by atoms with Crippen LogP contribution in [0.4, 0.5) is 4.39 Å². The first kappa shape index (κ1) is 14.4. The van der Waals surface area contributed by atoms with Crippen LogP contribution in [0.1, 0.15) is 12.8 Å². The van der Waals surface area contributed by atoms with Crippen molar-refractivity contribution in [3.05, 3.63) is 29.0 Å². The van der Waals surface area contributed by atoms with E-state index < -0.39 is 15.8 Å².